The van der Waals surface area contributed by atoms with Crippen LogP contribution in [-0.4, -0.2) is 31.6 Å². The highest BCUT2D eigenvalue weighted by Gasteiger charge is 2.44. The third kappa shape index (κ3) is 2.27. The van der Waals surface area contributed by atoms with Crippen molar-refractivity contribution in [1.29, 1.82) is 0 Å². The Hall–Kier alpha value is -2.44. The van der Waals surface area contributed by atoms with Gasteiger partial charge in [-0.2, -0.15) is 0 Å². The van der Waals surface area contributed by atoms with Gasteiger partial charge in [-0.3, -0.25) is 9.59 Å². The molecule has 0 fully saturated rings. The molecule has 0 heterocycles. The molecule has 0 rings (SSSR count). The molecule has 2 N–H and O–H groups in total. The number of hydrogen-bond donors (Lipinski definition) is 2. The Labute approximate surface area is 83.9 Å². The van der Waals surface area contributed by atoms with Crippen molar-refractivity contribution >= 4 is 11.8 Å². The van der Waals surface area contributed by atoms with Crippen LogP contribution in [0.1, 0.15) is 0 Å². The molecule has 0 aromatic heterocycles. The van der Waals surface area contributed by atoms with Crippen molar-refractivity contribution in [1.82, 2.24) is 10.6 Å². The van der Waals surface area contributed by atoms with Crippen molar-refractivity contribution in [2.45, 2.75) is 5.66 Å². The highest BCUT2D eigenvalue weighted by molar-refractivity contribution is 6.09. The summed E-state index contributed by atoms with van der Waals surface area (Å²) in [7, 11) is 2.42. The molecule has 0 aromatic rings. The second-order valence-electron chi connectivity index (χ2n) is 2.21. The van der Waals surface area contributed by atoms with Gasteiger partial charge in [0, 0.05) is 23.9 Å². The van der Waals surface area contributed by atoms with E-state index in [1.165, 1.54) is 14.1 Å². The van der Waals surface area contributed by atoms with Crippen LogP contribution in [0, 0.1) is 0 Å². The zero-order chi connectivity index (χ0) is 11.9. The topological polar surface area (TPSA) is 156 Å². The summed E-state index contributed by atoms with van der Waals surface area (Å²) < 4.78 is 0. The van der Waals surface area contributed by atoms with E-state index in [0.717, 1.165) is 0 Å². The van der Waals surface area contributed by atoms with Crippen LogP contribution in [0.4, 0.5) is 0 Å². The average molecular weight is 212 g/mol. The molecular formula is C5H8N8O2. The number of nitrogens with zero attached hydrogens (tertiary/aromatic N) is 6. The number of carbonyl (C=O) groups excluding carboxylic acids is 2. The van der Waals surface area contributed by atoms with Crippen molar-refractivity contribution < 1.29 is 9.59 Å². The Morgan fingerprint density at radius 1 is 1.07 bits per heavy atom. The summed E-state index contributed by atoms with van der Waals surface area (Å²) in [5, 5.41) is 9.97. The van der Waals surface area contributed by atoms with Crippen molar-refractivity contribution in [2.75, 3.05) is 14.1 Å². The highest BCUT2D eigenvalue weighted by atomic mass is 16.2. The second-order valence-corrected chi connectivity index (χ2v) is 2.21. The summed E-state index contributed by atoms with van der Waals surface area (Å²) in [6.07, 6.45) is 0. The minimum absolute atomic E-state index is 1.02. The lowest BCUT2D eigenvalue weighted by Crippen LogP contribution is -2.52. The van der Waals surface area contributed by atoms with E-state index >= 15 is 0 Å². The molecule has 0 aliphatic carbocycles. The normalized spacial score (nSPS) is 9.20. The van der Waals surface area contributed by atoms with Crippen LogP contribution >= 0.6 is 0 Å². The first kappa shape index (κ1) is 12.6. The Kier molecular flexibility index (Phi) is 4.46. The second kappa shape index (κ2) is 5.32. The largest absolute Gasteiger partial charge is 0.358 e. The van der Waals surface area contributed by atoms with Crippen LogP contribution in [0.2, 0.25) is 0 Å². The lowest BCUT2D eigenvalue weighted by molar-refractivity contribution is -0.136. The van der Waals surface area contributed by atoms with Crippen LogP contribution in [0.5, 0.6) is 0 Å². The van der Waals surface area contributed by atoms with Crippen molar-refractivity contribution in [3.8, 4) is 0 Å². The summed E-state index contributed by atoms with van der Waals surface area (Å²) in [6.45, 7) is 0. The number of rotatable bonds is 4. The van der Waals surface area contributed by atoms with E-state index in [-0.39, 0.29) is 0 Å². The van der Waals surface area contributed by atoms with Gasteiger partial charge >= 0.3 is 0 Å². The molecule has 0 aromatic carbocycles. The summed E-state index contributed by atoms with van der Waals surface area (Å²) in [4.78, 5) is 27.2. The van der Waals surface area contributed by atoms with E-state index in [1.54, 1.807) is 0 Å². The molecule has 0 aliphatic heterocycles. The number of nitrogens with one attached hydrogen (secondary N) is 2. The molecule has 0 unspecified atom stereocenters. The predicted octanol–water partition coefficient (Wildman–Crippen LogP) is -0.205. The first-order chi connectivity index (χ1) is 7.08. The molecule has 15 heavy (non-hydrogen) atoms. The van der Waals surface area contributed by atoms with Crippen molar-refractivity contribution in [3.63, 3.8) is 0 Å². The van der Waals surface area contributed by atoms with Crippen molar-refractivity contribution in [2.24, 2.45) is 10.2 Å². The van der Waals surface area contributed by atoms with Gasteiger partial charge in [-0.25, -0.2) is 0 Å². The monoisotopic (exact) mass is 212 g/mol. The SMILES string of the molecule is CNC(=O)C(N=[N+]=[N-])(N=[N+]=[N-])C(=O)NC. The smallest absolute Gasteiger partial charge is 0.282 e. The van der Waals surface area contributed by atoms with Gasteiger partial charge in [0.05, 0.1) is 0 Å². The molecule has 10 heteroatoms. The van der Waals surface area contributed by atoms with E-state index < -0.39 is 17.5 Å². The maximum atomic E-state index is 11.3. The fraction of sp³-hybridized carbons (Fsp3) is 0.600. The molecular weight excluding hydrogens is 204 g/mol. The van der Waals surface area contributed by atoms with E-state index in [9.17, 15) is 9.59 Å². The van der Waals surface area contributed by atoms with Gasteiger partial charge in [0.25, 0.3) is 5.66 Å². The van der Waals surface area contributed by atoms with Gasteiger partial charge in [-0.15, -0.1) is 0 Å². The minimum atomic E-state index is -2.47. The van der Waals surface area contributed by atoms with Gasteiger partial charge in [-0.1, -0.05) is 10.2 Å². The maximum absolute atomic E-state index is 11.3. The van der Waals surface area contributed by atoms with Crippen LogP contribution in [0.3, 0.4) is 0 Å². The molecule has 2 amide bonds. The van der Waals surface area contributed by atoms with E-state index in [1.807, 2.05) is 0 Å². The van der Waals surface area contributed by atoms with Gasteiger partial charge in [0.2, 0.25) is 11.8 Å². The molecule has 10 nitrogen and oxygen atoms in total. The van der Waals surface area contributed by atoms with E-state index in [0.29, 0.717) is 0 Å². The number of likely N-dealkylation sites (N-methyl/N-ethyl adjacent to an activating group) is 2. The number of carbonyl (C=O) groups is 2. The van der Waals surface area contributed by atoms with E-state index in [2.05, 4.69) is 30.7 Å². The van der Waals surface area contributed by atoms with Gasteiger partial charge in [0.15, 0.2) is 0 Å². The third-order valence-corrected chi connectivity index (χ3v) is 1.47. The summed E-state index contributed by atoms with van der Waals surface area (Å²) in [6, 6.07) is 0. The fourth-order valence-electron chi connectivity index (χ4n) is 0.783. The first-order valence-electron chi connectivity index (χ1n) is 3.66. The van der Waals surface area contributed by atoms with Crippen LogP contribution < -0.4 is 10.6 Å². The Morgan fingerprint density at radius 2 is 1.40 bits per heavy atom. The maximum Gasteiger partial charge on any atom is 0.282 e. The lowest BCUT2D eigenvalue weighted by Gasteiger charge is -2.18. The Morgan fingerprint density at radius 3 is 1.60 bits per heavy atom. The van der Waals surface area contributed by atoms with Crippen LogP contribution in [0.25, 0.3) is 20.9 Å². The molecule has 0 saturated carbocycles. The molecule has 80 valence electrons. The molecule has 0 atom stereocenters. The predicted molar refractivity (Wildman–Crippen MR) is 49.2 cm³/mol. The molecule has 0 aliphatic rings. The summed E-state index contributed by atoms with van der Waals surface area (Å²) in [5.74, 6) is -2.03. The lowest BCUT2D eigenvalue weighted by atomic mass is 10.1. The molecule has 0 spiro atoms. The van der Waals surface area contributed by atoms with Crippen LogP contribution in [-0.2, 0) is 9.59 Å². The third-order valence-electron chi connectivity index (χ3n) is 1.47. The zero-order valence-corrected chi connectivity index (χ0v) is 8.00. The first-order valence-corrected chi connectivity index (χ1v) is 3.66. The highest BCUT2D eigenvalue weighted by Crippen LogP contribution is 2.14. The summed E-state index contributed by atoms with van der Waals surface area (Å²) >= 11 is 0. The number of hydrogen-bond acceptors (Lipinski definition) is 4. The molecule has 0 bridgehead atoms. The molecule has 0 radical (unpaired) electrons. The van der Waals surface area contributed by atoms with Crippen molar-refractivity contribution in [3.05, 3.63) is 20.9 Å². The fourth-order valence-corrected chi connectivity index (χ4v) is 0.783. The zero-order valence-electron chi connectivity index (χ0n) is 8.00. The van der Waals surface area contributed by atoms with Gasteiger partial charge in [-0.05, 0) is 11.1 Å². The number of azide groups is 1. The Balaban J connectivity index is 5.66. The minimum Gasteiger partial charge on any atom is -0.358 e. The van der Waals surface area contributed by atoms with Gasteiger partial charge < -0.3 is 10.6 Å². The molecule has 0 saturated heterocycles. The summed E-state index contributed by atoms with van der Waals surface area (Å²) in [5.41, 5.74) is 14.0. The van der Waals surface area contributed by atoms with Crippen LogP contribution in [0.15, 0.2) is 10.2 Å². The van der Waals surface area contributed by atoms with Gasteiger partial charge in [0.1, 0.15) is 0 Å². The Bertz CT molecular complexity index is 327. The van der Waals surface area contributed by atoms with E-state index in [4.69, 9.17) is 11.1 Å². The average Bonchev–Trinajstić information content (AvgIpc) is 2.26. The standard InChI is InChI=1S/C5H8N8O2/c1-8-3(14)5(10-12-6,11-13-7)4(15)9-2/h1-2H3,(H,8,14)(H,9,15). The quantitative estimate of drug-likeness (QED) is 0.286. The number of amides is 2.